The zero-order valence-corrected chi connectivity index (χ0v) is 3.89. The summed E-state index contributed by atoms with van der Waals surface area (Å²) in [6.07, 6.45) is 0. The second-order valence-corrected chi connectivity index (χ2v) is 1.67. The second-order valence-electron chi connectivity index (χ2n) is 1.67. The van der Waals surface area contributed by atoms with Crippen molar-refractivity contribution >= 4 is 37.7 Å². The van der Waals surface area contributed by atoms with Gasteiger partial charge in [0.05, 0.1) is 6.07 Å². The Morgan fingerprint density at radius 1 is 1.57 bits per heavy atom. The van der Waals surface area contributed by atoms with Crippen molar-refractivity contribution < 1.29 is 5.11 Å². The summed E-state index contributed by atoms with van der Waals surface area (Å²) in [5.74, 6) is 0. The molecule has 0 saturated heterocycles. The fourth-order valence-corrected chi connectivity index (χ4v) is 0. The molecule has 3 heteroatoms. The molecular formula is C4H9CaNO. The van der Waals surface area contributed by atoms with Crippen molar-refractivity contribution in [1.82, 2.24) is 0 Å². The molecule has 7 heavy (non-hydrogen) atoms. The average molecular weight is 127 g/mol. The third-order valence-electron chi connectivity index (χ3n) is 0.274. The normalized spacial score (nSPS) is 8.86. The van der Waals surface area contributed by atoms with Crippen LogP contribution in [0.15, 0.2) is 0 Å². The number of nitrogens with zero attached hydrogens (tertiary/aromatic N) is 1. The van der Waals surface area contributed by atoms with Gasteiger partial charge >= 0.3 is 37.7 Å². The Labute approximate surface area is 73.1 Å². The third-order valence-corrected chi connectivity index (χ3v) is 0.274. The first-order chi connectivity index (χ1) is 2.56. The number of hydrogen-bond acceptors (Lipinski definition) is 2. The summed E-state index contributed by atoms with van der Waals surface area (Å²) in [5, 5.41) is 16.4. The molecule has 0 bridgehead atoms. The van der Waals surface area contributed by atoms with Crippen molar-refractivity contribution in [3.63, 3.8) is 0 Å². The van der Waals surface area contributed by atoms with Gasteiger partial charge in [0, 0.05) is 0 Å². The van der Waals surface area contributed by atoms with Crippen LogP contribution in [-0.4, -0.2) is 48.4 Å². The SMILES string of the molecule is CC(C)(O)C#N.[CaH2]. The molecule has 0 aromatic carbocycles. The van der Waals surface area contributed by atoms with Crippen LogP contribution < -0.4 is 0 Å². The van der Waals surface area contributed by atoms with Gasteiger partial charge in [-0.1, -0.05) is 0 Å². The van der Waals surface area contributed by atoms with E-state index >= 15 is 0 Å². The summed E-state index contributed by atoms with van der Waals surface area (Å²) in [6, 6.07) is 1.66. The van der Waals surface area contributed by atoms with Gasteiger partial charge in [0.1, 0.15) is 5.60 Å². The van der Waals surface area contributed by atoms with E-state index in [1.165, 1.54) is 13.8 Å². The van der Waals surface area contributed by atoms with Crippen molar-refractivity contribution in [1.29, 1.82) is 5.26 Å². The molecule has 0 aliphatic carbocycles. The summed E-state index contributed by atoms with van der Waals surface area (Å²) in [5.41, 5.74) is -1.15. The van der Waals surface area contributed by atoms with E-state index in [1.807, 2.05) is 0 Å². The van der Waals surface area contributed by atoms with Crippen LogP contribution in [0.25, 0.3) is 0 Å². The molecule has 0 heterocycles. The maximum atomic E-state index is 8.47. The van der Waals surface area contributed by atoms with Crippen molar-refractivity contribution in [2.24, 2.45) is 0 Å². The Morgan fingerprint density at radius 2 is 1.71 bits per heavy atom. The monoisotopic (exact) mass is 127 g/mol. The molecule has 0 aliphatic rings. The van der Waals surface area contributed by atoms with E-state index in [-0.39, 0.29) is 37.7 Å². The van der Waals surface area contributed by atoms with Crippen LogP contribution in [0.1, 0.15) is 13.8 Å². The van der Waals surface area contributed by atoms with Gasteiger partial charge in [-0.2, -0.15) is 5.26 Å². The predicted octanol–water partition coefficient (Wildman–Crippen LogP) is -0.635. The van der Waals surface area contributed by atoms with Crippen LogP contribution in [0.3, 0.4) is 0 Å². The number of nitriles is 1. The molecule has 0 saturated carbocycles. The van der Waals surface area contributed by atoms with Gasteiger partial charge < -0.3 is 5.11 Å². The van der Waals surface area contributed by atoms with Crippen LogP contribution in [0, 0.1) is 11.3 Å². The molecule has 0 unspecified atom stereocenters. The molecule has 0 radical (unpaired) electrons. The van der Waals surface area contributed by atoms with Gasteiger partial charge in [0.15, 0.2) is 0 Å². The first-order valence-corrected chi connectivity index (χ1v) is 1.70. The summed E-state index contributed by atoms with van der Waals surface area (Å²) in [4.78, 5) is 0. The Bertz CT molecular complexity index is 78.7. The van der Waals surface area contributed by atoms with Gasteiger partial charge in [-0.15, -0.1) is 0 Å². The first kappa shape index (κ1) is 10.6. The molecule has 2 nitrogen and oxygen atoms in total. The van der Waals surface area contributed by atoms with Crippen LogP contribution in [0.4, 0.5) is 0 Å². The predicted molar refractivity (Wildman–Crippen MR) is 30.5 cm³/mol. The molecule has 0 spiro atoms. The van der Waals surface area contributed by atoms with Crippen LogP contribution in [0.2, 0.25) is 0 Å². The molecule has 38 valence electrons. The van der Waals surface area contributed by atoms with Crippen LogP contribution in [0.5, 0.6) is 0 Å². The Kier molecular flexibility index (Phi) is 5.60. The van der Waals surface area contributed by atoms with Gasteiger partial charge in [-0.3, -0.25) is 0 Å². The Morgan fingerprint density at radius 3 is 1.71 bits per heavy atom. The zero-order valence-electron chi connectivity index (χ0n) is 3.89. The van der Waals surface area contributed by atoms with E-state index in [4.69, 9.17) is 10.4 Å². The molecule has 0 fully saturated rings. The third kappa shape index (κ3) is 10.8. The fraction of sp³-hybridized carbons (Fsp3) is 0.750. The minimum atomic E-state index is -1.15. The molecule has 1 N–H and O–H groups in total. The van der Waals surface area contributed by atoms with Gasteiger partial charge in [0.25, 0.3) is 0 Å². The van der Waals surface area contributed by atoms with Crippen molar-refractivity contribution in [2.45, 2.75) is 19.4 Å². The van der Waals surface area contributed by atoms with E-state index in [1.54, 1.807) is 6.07 Å². The standard InChI is InChI=1S/C4H7NO.Ca.2H/c1-4(2,6)3-5;;;/h6H,1-2H3;;;. The van der Waals surface area contributed by atoms with E-state index in [9.17, 15) is 0 Å². The number of rotatable bonds is 0. The molecule has 0 aliphatic heterocycles. The molecular weight excluding hydrogens is 118 g/mol. The molecule has 0 aromatic rings. The fourth-order valence-electron chi connectivity index (χ4n) is 0. The van der Waals surface area contributed by atoms with Crippen molar-refractivity contribution in [3.8, 4) is 6.07 Å². The number of hydrogen-bond donors (Lipinski definition) is 1. The van der Waals surface area contributed by atoms with Crippen LogP contribution in [-0.2, 0) is 0 Å². The summed E-state index contributed by atoms with van der Waals surface area (Å²) in [6.45, 7) is 2.88. The first-order valence-electron chi connectivity index (χ1n) is 1.70. The van der Waals surface area contributed by atoms with Gasteiger partial charge in [-0.05, 0) is 13.8 Å². The molecule has 0 rings (SSSR count). The van der Waals surface area contributed by atoms with E-state index in [0.29, 0.717) is 0 Å². The van der Waals surface area contributed by atoms with Gasteiger partial charge in [-0.25, -0.2) is 0 Å². The number of aliphatic hydroxyl groups is 1. The molecule has 0 amide bonds. The quantitative estimate of drug-likeness (QED) is 0.347. The van der Waals surface area contributed by atoms with E-state index in [2.05, 4.69) is 0 Å². The maximum absolute atomic E-state index is 8.47. The summed E-state index contributed by atoms with van der Waals surface area (Å²) < 4.78 is 0. The minimum absolute atomic E-state index is 0. The second kappa shape index (κ2) is 3.68. The van der Waals surface area contributed by atoms with Crippen LogP contribution >= 0.6 is 0 Å². The topological polar surface area (TPSA) is 44.0 Å². The van der Waals surface area contributed by atoms with E-state index < -0.39 is 5.60 Å². The summed E-state index contributed by atoms with van der Waals surface area (Å²) >= 11 is 0. The Balaban J connectivity index is 0. The average Bonchev–Trinajstić information content (AvgIpc) is 1.35. The molecule has 0 atom stereocenters. The summed E-state index contributed by atoms with van der Waals surface area (Å²) in [7, 11) is 0. The zero-order chi connectivity index (χ0) is 5.21. The van der Waals surface area contributed by atoms with Crippen molar-refractivity contribution in [2.75, 3.05) is 0 Å². The van der Waals surface area contributed by atoms with Gasteiger partial charge in [0.2, 0.25) is 0 Å². The molecule has 0 aromatic heterocycles. The Hall–Kier alpha value is 0.710. The van der Waals surface area contributed by atoms with Crippen molar-refractivity contribution in [3.05, 3.63) is 0 Å². The van der Waals surface area contributed by atoms with E-state index in [0.717, 1.165) is 0 Å².